The number of rotatable bonds is 1. The van der Waals surface area contributed by atoms with Crippen LogP contribution in [0.4, 0.5) is 4.39 Å². The summed E-state index contributed by atoms with van der Waals surface area (Å²) in [7, 11) is 2.05. The first-order chi connectivity index (χ1) is 8.91. The summed E-state index contributed by atoms with van der Waals surface area (Å²) in [5.74, 6) is -0.713. The topological polar surface area (TPSA) is 23.6 Å². The Labute approximate surface area is 121 Å². The van der Waals surface area contributed by atoms with Crippen LogP contribution in [0.1, 0.15) is 24.2 Å². The number of nitrogens with zero attached hydrogens (tertiary/aromatic N) is 2. The molecule has 0 saturated carbocycles. The van der Waals surface area contributed by atoms with Crippen molar-refractivity contribution in [3.05, 3.63) is 34.1 Å². The Morgan fingerprint density at radius 2 is 1.89 bits per heavy atom. The van der Waals surface area contributed by atoms with Crippen LogP contribution >= 0.6 is 15.9 Å². The molecular weight excluding hydrogens is 311 g/mol. The number of halogens is 2. The molecule has 2 unspecified atom stereocenters. The van der Waals surface area contributed by atoms with Crippen LogP contribution in [0.3, 0.4) is 0 Å². The van der Waals surface area contributed by atoms with E-state index in [1.54, 1.807) is 17.0 Å². The number of carbonyl (C=O) groups is 1. The zero-order chi connectivity index (χ0) is 14.2. The molecule has 3 nitrogen and oxygen atoms in total. The predicted molar refractivity (Wildman–Crippen MR) is 76.7 cm³/mol. The summed E-state index contributed by atoms with van der Waals surface area (Å²) in [6, 6.07) is 5.16. The van der Waals surface area contributed by atoms with Crippen LogP contribution < -0.4 is 0 Å². The van der Waals surface area contributed by atoms with Crippen molar-refractivity contribution in [1.82, 2.24) is 9.80 Å². The maximum absolute atomic E-state index is 13.8. The molecule has 1 aliphatic heterocycles. The Morgan fingerprint density at radius 3 is 2.42 bits per heavy atom. The number of piperazine rings is 1. The fourth-order valence-corrected chi connectivity index (χ4v) is 2.94. The van der Waals surface area contributed by atoms with E-state index in [0.717, 1.165) is 0 Å². The van der Waals surface area contributed by atoms with E-state index < -0.39 is 5.82 Å². The lowest BCUT2D eigenvalue weighted by Crippen LogP contribution is -2.56. The van der Waals surface area contributed by atoms with Crippen LogP contribution in [-0.2, 0) is 0 Å². The van der Waals surface area contributed by atoms with E-state index in [0.29, 0.717) is 17.6 Å². The van der Waals surface area contributed by atoms with Crippen LogP contribution in [0.2, 0.25) is 0 Å². The van der Waals surface area contributed by atoms with Crippen molar-refractivity contribution in [1.29, 1.82) is 0 Å². The van der Waals surface area contributed by atoms with Gasteiger partial charge in [-0.15, -0.1) is 0 Å². The predicted octanol–water partition coefficient (Wildman–Crippen LogP) is 2.75. The molecule has 5 heteroatoms. The monoisotopic (exact) mass is 328 g/mol. The number of likely N-dealkylation sites (N-methyl/N-ethyl adjacent to an activating group) is 1. The Hall–Kier alpha value is -0.940. The molecule has 1 aliphatic rings. The van der Waals surface area contributed by atoms with E-state index in [9.17, 15) is 9.18 Å². The summed E-state index contributed by atoms with van der Waals surface area (Å²) in [6.45, 7) is 5.40. The second-order valence-electron chi connectivity index (χ2n) is 5.17. The van der Waals surface area contributed by atoms with Crippen molar-refractivity contribution in [2.75, 3.05) is 20.1 Å². The first kappa shape index (κ1) is 14.5. The summed E-state index contributed by atoms with van der Waals surface area (Å²) in [5.41, 5.74) is 0.131. The maximum atomic E-state index is 13.8. The largest absolute Gasteiger partial charge is 0.335 e. The number of benzene rings is 1. The third-order valence-corrected chi connectivity index (χ3v) is 4.48. The van der Waals surface area contributed by atoms with Gasteiger partial charge in [-0.2, -0.15) is 0 Å². The van der Waals surface area contributed by atoms with Crippen LogP contribution in [0.25, 0.3) is 0 Å². The van der Waals surface area contributed by atoms with Gasteiger partial charge in [-0.3, -0.25) is 9.69 Å². The number of amides is 1. The molecule has 0 N–H and O–H groups in total. The van der Waals surface area contributed by atoms with Gasteiger partial charge in [0.2, 0.25) is 0 Å². The molecule has 2 atom stereocenters. The van der Waals surface area contributed by atoms with E-state index in [1.807, 2.05) is 0 Å². The highest BCUT2D eigenvalue weighted by Gasteiger charge is 2.31. The minimum absolute atomic E-state index is 0.131. The lowest BCUT2D eigenvalue weighted by atomic mass is 10.1. The van der Waals surface area contributed by atoms with Gasteiger partial charge >= 0.3 is 0 Å². The van der Waals surface area contributed by atoms with Crippen molar-refractivity contribution in [3.63, 3.8) is 0 Å². The molecular formula is C14H18BrFN2O. The first-order valence-corrected chi connectivity index (χ1v) is 7.16. The Morgan fingerprint density at radius 1 is 1.32 bits per heavy atom. The van der Waals surface area contributed by atoms with Crippen molar-refractivity contribution >= 4 is 21.8 Å². The van der Waals surface area contributed by atoms with Gasteiger partial charge in [0, 0.05) is 29.6 Å². The van der Waals surface area contributed by atoms with Gasteiger partial charge in [-0.1, -0.05) is 6.07 Å². The molecule has 0 radical (unpaired) electrons. The minimum atomic E-state index is -0.474. The molecule has 19 heavy (non-hydrogen) atoms. The lowest BCUT2D eigenvalue weighted by molar-refractivity contribution is 0.0409. The Balaban J connectivity index is 2.25. The van der Waals surface area contributed by atoms with Crippen LogP contribution in [0.5, 0.6) is 0 Å². The summed E-state index contributed by atoms with van der Waals surface area (Å²) in [6.07, 6.45) is 0. The van der Waals surface area contributed by atoms with Gasteiger partial charge in [-0.25, -0.2) is 4.39 Å². The number of hydrogen-bond donors (Lipinski definition) is 0. The molecule has 0 aromatic heterocycles. The van der Waals surface area contributed by atoms with Crippen molar-refractivity contribution in [3.8, 4) is 0 Å². The molecule has 0 bridgehead atoms. The molecule has 0 aliphatic carbocycles. The average Bonchev–Trinajstić information content (AvgIpc) is 2.35. The van der Waals surface area contributed by atoms with E-state index in [-0.39, 0.29) is 23.6 Å². The quantitative estimate of drug-likeness (QED) is 0.791. The standard InChI is InChI=1S/C14H18BrFN2O/c1-9-7-18(8-10(2)17(9)3)14(19)13-11(15)5-4-6-12(13)16/h4-6,9-10H,7-8H2,1-3H3. The van der Waals surface area contributed by atoms with Gasteiger partial charge < -0.3 is 4.90 Å². The number of hydrogen-bond acceptors (Lipinski definition) is 2. The fourth-order valence-electron chi connectivity index (χ4n) is 2.43. The molecule has 1 aromatic carbocycles. The third kappa shape index (κ3) is 2.82. The summed E-state index contributed by atoms with van der Waals surface area (Å²) < 4.78 is 14.3. The van der Waals surface area contributed by atoms with E-state index in [2.05, 4.69) is 41.7 Å². The van der Waals surface area contributed by atoms with Crippen molar-refractivity contribution in [2.45, 2.75) is 25.9 Å². The highest BCUT2D eigenvalue weighted by Crippen LogP contribution is 2.23. The second kappa shape index (κ2) is 5.59. The van der Waals surface area contributed by atoms with Gasteiger partial charge in [0.1, 0.15) is 5.82 Å². The lowest BCUT2D eigenvalue weighted by Gasteiger charge is -2.42. The van der Waals surface area contributed by atoms with Crippen molar-refractivity contribution < 1.29 is 9.18 Å². The van der Waals surface area contributed by atoms with Gasteiger partial charge in [0.05, 0.1) is 5.56 Å². The highest BCUT2D eigenvalue weighted by atomic mass is 79.9. The van der Waals surface area contributed by atoms with Crippen LogP contribution in [0, 0.1) is 5.82 Å². The molecule has 1 saturated heterocycles. The van der Waals surface area contributed by atoms with Gasteiger partial charge in [0.25, 0.3) is 5.91 Å². The third-order valence-electron chi connectivity index (χ3n) is 3.82. The van der Waals surface area contributed by atoms with E-state index in [1.165, 1.54) is 6.07 Å². The van der Waals surface area contributed by atoms with E-state index >= 15 is 0 Å². The second-order valence-corrected chi connectivity index (χ2v) is 6.02. The fraction of sp³-hybridized carbons (Fsp3) is 0.500. The molecule has 0 spiro atoms. The normalized spacial score (nSPS) is 24.6. The molecule has 1 fully saturated rings. The van der Waals surface area contributed by atoms with Gasteiger partial charge in [-0.05, 0) is 49.0 Å². The molecule has 1 amide bonds. The summed E-state index contributed by atoms with van der Waals surface area (Å²) >= 11 is 3.26. The SMILES string of the molecule is CC1CN(C(=O)c2c(F)cccc2Br)CC(C)N1C. The first-order valence-electron chi connectivity index (χ1n) is 6.37. The zero-order valence-corrected chi connectivity index (χ0v) is 12.9. The Kier molecular flexibility index (Phi) is 4.26. The summed E-state index contributed by atoms with van der Waals surface area (Å²) in [4.78, 5) is 16.4. The van der Waals surface area contributed by atoms with Gasteiger partial charge in [0.15, 0.2) is 0 Å². The Bertz CT molecular complexity index is 462. The van der Waals surface area contributed by atoms with Crippen LogP contribution in [-0.4, -0.2) is 47.9 Å². The van der Waals surface area contributed by atoms with Crippen LogP contribution in [0.15, 0.2) is 22.7 Å². The smallest absolute Gasteiger partial charge is 0.258 e. The highest BCUT2D eigenvalue weighted by molar-refractivity contribution is 9.10. The van der Waals surface area contributed by atoms with Crippen molar-refractivity contribution in [2.24, 2.45) is 0 Å². The molecule has 2 rings (SSSR count). The van der Waals surface area contributed by atoms with E-state index in [4.69, 9.17) is 0 Å². The summed E-state index contributed by atoms with van der Waals surface area (Å²) in [5, 5.41) is 0. The number of carbonyl (C=O) groups excluding carboxylic acids is 1. The molecule has 1 heterocycles. The average molecular weight is 329 g/mol. The molecule has 104 valence electrons. The minimum Gasteiger partial charge on any atom is -0.335 e. The zero-order valence-electron chi connectivity index (χ0n) is 11.4. The maximum Gasteiger partial charge on any atom is 0.258 e. The molecule has 1 aromatic rings.